The number of nitrogens with one attached hydrogen (secondary N) is 3. The van der Waals surface area contributed by atoms with Crippen molar-refractivity contribution >= 4 is 23.7 Å². The zero-order valence-corrected chi connectivity index (χ0v) is 29.1. The minimum atomic E-state index is -1.21. The molecule has 0 aromatic heterocycles. The quantitative estimate of drug-likeness (QED) is 0.173. The van der Waals surface area contributed by atoms with Crippen LogP contribution in [0, 0.1) is 19.6 Å². The SMILES string of the molecule is N[CH-]C(=O)N[CH-]C(=O)N[CH-]C(=O)NCC(=O)O.[Y].[Y].[Y].[Y].[Y].[Y]. The van der Waals surface area contributed by atoms with Crippen molar-refractivity contribution in [3.8, 4) is 0 Å². The smallest absolute Gasteiger partial charge is 0.322 e. The van der Waals surface area contributed by atoms with Crippen LogP contribution >= 0.6 is 0 Å². The van der Waals surface area contributed by atoms with Gasteiger partial charge in [0, 0.05) is 196 Å². The van der Waals surface area contributed by atoms with E-state index in [-0.39, 0.29) is 196 Å². The molecule has 0 aliphatic rings. The van der Waals surface area contributed by atoms with E-state index in [0.29, 0.717) is 6.54 Å². The van der Waals surface area contributed by atoms with Crippen LogP contribution in [0.15, 0.2) is 0 Å². The van der Waals surface area contributed by atoms with Crippen LogP contribution in [-0.2, 0) is 215 Å². The average Bonchev–Trinajstić information content (AvgIpc) is 2.30. The molecule has 0 heterocycles. The number of carboxylic acid groups (broad SMARTS) is 1. The van der Waals surface area contributed by atoms with E-state index >= 15 is 0 Å². The van der Waals surface area contributed by atoms with Gasteiger partial charge in [-0.25, -0.2) is 13.1 Å². The largest absolute Gasteiger partial charge is 0.506 e. The molecule has 6 N–H and O–H groups in total. The van der Waals surface area contributed by atoms with Gasteiger partial charge < -0.3 is 41.2 Å². The van der Waals surface area contributed by atoms with Gasteiger partial charge in [-0.05, 0) is 0 Å². The molecule has 0 aliphatic carbocycles. The average molecular weight is 777 g/mol. The van der Waals surface area contributed by atoms with Gasteiger partial charge >= 0.3 is 5.97 Å². The molecule has 0 aromatic carbocycles. The monoisotopic (exact) mass is 777 g/mol. The molecule has 15 heteroatoms. The van der Waals surface area contributed by atoms with Crippen LogP contribution in [0.2, 0.25) is 0 Å². The summed E-state index contributed by atoms with van der Waals surface area (Å²) in [5, 5.41) is 14.2. The van der Waals surface area contributed by atoms with Crippen molar-refractivity contribution in [3.05, 3.63) is 19.6 Å². The van der Waals surface area contributed by atoms with Crippen molar-refractivity contribution < 1.29 is 221 Å². The van der Waals surface area contributed by atoms with Crippen molar-refractivity contribution in [2.45, 2.75) is 0 Å². The Morgan fingerprint density at radius 3 is 1.57 bits per heavy atom. The van der Waals surface area contributed by atoms with E-state index in [1.165, 1.54) is 0 Å². The third-order valence-electron chi connectivity index (χ3n) is 1.26. The molecule has 0 aromatic rings. The van der Waals surface area contributed by atoms with Crippen LogP contribution in [0.1, 0.15) is 0 Å². The Labute approximate surface area is 285 Å². The predicted molar refractivity (Wildman–Crippen MR) is 54.0 cm³/mol. The van der Waals surface area contributed by atoms with Gasteiger partial charge in [0.05, 0.1) is 11.8 Å². The molecule has 6 radical (unpaired) electrons. The van der Waals surface area contributed by atoms with Crippen molar-refractivity contribution in [2.75, 3.05) is 6.54 Å². The number of amides is 3. The van der Waals surface area contributed by atoms with Gasteiger partial charge in [0.2, 0.25) is 0 Å². The first-order valence-corrected chi connectivity index (χ1v) is 4.27. The van der Waals surface area contributed by atoms with Crippen LogP contribution < -0.4 is 21.7 Å². The maximum absolute atomic E-state index is 10.9. The molecule has 0 spiro atoms. The zero-order chi connectivity index (χ0) is 13.3. The van der Waals surface area contributed by atoms with Crippen LogP contribution in [0.4, 0.5) is 0 Å². The maximum atomic E-state index is 10.9. The fourth-order valence-corrected chi connectivity index (χ4v) is 0.577. The number of aliphatic carboxylic acids is 1. The van der Waals surface area contributed by atoms with Gasteiger partial charge in [0.25, 0.3) is 0 Å². The van der Waals surface area contributed by atoms with Crippen LogP contribution in [0.3, 0.4) is 0 Å². The molecule has 114 valence electrons. The molecule has 0 saturated heterocycles. The third-order valence-corrected chi connectivity index (χ3v) is 1.26. The van der Waals surface area contributed by atoms with Crippen LogP contribution in [-0.4, -0.2) is 35.3 Å². The molecule has 3 amide bonds. The van der Waals surface area contributed by atoms with Gasteiger partial charge in [0.1, 0.15) is 12.5 Å². The molecule has 9 nitrogen and oxygen atoms in total. The Morgan fingerprint density at radius 1 is 0.783 bits per heavy atom. The molecule has 0 unspecified atom stereocenters. The molecule has 0 aliphatic heterocycles. The van der Waals surface area contributed by atoms with E-state index in [9.17, 15) is 19.2 Å². The summed E-state index contributed by atoms with van der Waals surface area (Å²) in [4.78, 5) is 42.5. The minimum Gasteiger partial charge on any atom is -0.506 e. The summed E-state index contributed by atoms with van der Waals surface area (Å²) in [6.45, 7) is 1.63. The molecule has 0 atom stereocenters. The topological polar surface area (TPSA) is 151 Å². The second-order valence-corrected chi connectivity index (χ2v) is 2.58. The maximum Gasteiger partial charge on any atom is 0.322 e. The molecule has 23 heavy (non-hydrogen) atoms. The molecular weight excluding hydrogens is 766 g/mol. The number of hydrogen-bond acceptors (Lipinski definition) is 5. The summed E-state index contributed by atoms with van der Waals surface area (Å²) in [5.74, 6) is -3.46. The van der Waals surface area contributed by atoms with E-state index < -0.39 is 30.2 Å². The summed E-state index contributed by atoms with van der Waals surface area (Å²) in [6.07, 6.45) is 0. The molecule has 0 rings (SSSR count). The first-order chi connectivity index (χ1) is 7.95. The van der Waals surface area contributed by atoms with E-state index in [4.69, 9.17) is 10.8 Å². The van der Waals surface area contributed by atoms with Crippen molar-refractivity contribution in [2.24, 2.45) is 5.73 Å². The summed E-state index contributed by atoms with van der Waals surface area (Å²) in [7, 11) is 0. The normalized spacial score (nSPS) is 6.30. The van der Waals surface area contributed by atoms with Crippen molar-refractivity contribution in [3.63, 3.8) is 0 Å². The van der Waals surface area contributed by atoms with Crippen LogP contribution in [0.5, 0.6) is 0 Å². The van der Waals surface area contributed by atoms with E-state index in [2.05, 4.69) is 0 Å². The minimum absolute atomic E-state index is 0. The first kappa shape index (κ1) is 45.7. The Bertz CT molecular complexity index is 336. The zero-order valence-electron chi connectivity index (χ0n) is 12.1. The number of carboxylic acids is 1. The Morgan fingerprint density at radius 2 is 1.17 bits per heavy atom. The van der Waals surface area contributed by atoms with Gasteiger partial charge in [-0.1, -0.05) is 0 Å². The third kappa shape index (κ3) is 34.0. The number of nitrogens with two attached hydrogens (primary N) is 1. The number of rotatable bonds is 7. The first-order valence-electron chi connectivity index (χ1n) is 4.27. The molecule has 0 bridgehead atoms. The second-order valence-electron chi connectivity index (χ2n) is 2.58. The summed E-state index contributed by atoms with van der Waals surface area (Å²) < 4.78 is 0. The van der Waals surface area contributed by atoms with Crippen molar-refractivity contribution in [1.29, 1.82) is 0 Å². The number of carbonyl (C=O) groups excluding carboxylic acids is 3. The van der Waals surface area contributed by atoms with E-state index in [0.717, 1.165) is 13.1 Å². The molecular formula is C8H11N4O5Y6-3. The molecule has 0 fully saturated rings. The standard InChI is InChI=1S/C8H11N4O5.6Y/c9-1-5(13)10-2-6(14)11-3-7(15)12-4-8(16)17;;;;;;/h1-3H,4,9H2,(H,10,13)(H,11,14)(H,12,15)(H,16,17);;;;;;/q-3;;;;;;. The van der Waals surface area contributed by atoms with E-state index in [1.54, 1.807) is 0 Å². The Kier molecular flexibility index (Phi) is 61.1. The van der Waals surface area contributed by atoms with Crippen LogP contribution in [0.25, 0.3) is 0 Å². The Balaban J connectivity index is -0.0000000853. The van der Waals surface area contributed by atoms with Gasteiger partial charge in [-0.15, -0.1) is 0 Å². The summed E-state index contributed by atoms with van der Waals surface area (Å²) in [5.41, 5.74) is 4.83. The molecule has 0 saturated carbocycles. The number of hydrogen-bond donors (Lipinski definition) is 5. The van der Waals surface area contributed by atoms with Gasteiger partial charge in [-0.2, -0.15) is 0 Å². The summed E-state index contributed by atoms with van der Waals surface area (Å²) in [6, 6.07) is 0. The van der Waals surface area contributed by atoms with Gasteiger partial charge in [-0.3, -0.25) is 11.3 Å². The fourth-order valence-electron chi connectivity index (χ4n) is 0.577. The van der Waals surface area contributed by atoms with E-state index in [1.807, 2.05) is 16.0 Å². The predicted octanol–water partition coefficient (Wildman–Crippen LogP) is -3.15. The fraction of sp³-hybridized carbons (Fsp3) is 0.125. The van der Waals surface area contributed by atoms with Crippen molar-refractivity contribution in [1.82, 2.24) is 16.0 Å². The van der Waals surface area contributed by atoms with Gasteiger partial charge in [0.15, 0.2) is 0 Å². The number of carbonyl (C=O) groups is 4. The second kappa shape index (κ2) is 30.8. The Hall–Kier alpha value is 4.07. The summed E-state index contributed by atoms with van der Waals surface area (Å²) >= 11 is 0.